The Labute approximate surface area is 208 Å². The number of nitrogens with zero attached hydrogens (tertiary/aromatic N) is 1. The standard InChI is InChI=1S/C24H28Cl2N4O4/c1-24(2,3)34-23(33)28-17-8-4-14(5-9-17)21(31)29-19-10-6-15(25)12-18(19)22(32)30-20-11-7-16(26)13-27-20/h6-7,10-14,17H,4-5,8-9H2,1-3H3,(H,28,33)(H,29,31)(H,27,30,32). The Bertz CT molecular complexity index is 1050. The Morgan fingerprint density at radius 2 is 1.65 bits per heavy atom. The summed E-state index contributed by atoms with van der Waals surface area (Å²) in [7, 11) is 0. The van der Waals surface area contributed by atoms with Gasteiger partial charge in [-0.15, -0.1) is 0 Å². The van der Waals surface area contributed by atoms with Gasteiger partial charge in [0.1, 0.15) is 11.4 Å². The summed E-state index contributed by atoms with van der Waals surface area (Å²) >= 11 is 11.9. The zero-order chi connectivity index (χ0) is 24.9. The lowest BCUT2D eigenvalue weighted by molar-refractivity contribution is -0.120. The molecule has 1 aromatic carbocycles. The maximum Gasteiger partial charge on any atom is 0.407 e. The van der Waals surface area contributed by atoms with Crippen LogP contribution in [-0.2, 0) is 9.53 Å². The molecule has 1 heterocycles. The van der Waals surface area contributed by atoms with Gasteiger partial charge in [-0.3, -0.25) is 9.59 Å². The Morgan fingerprint density at radius 1 is 0.971 bits per heavy atom. The molecule has 8 nitrogen and oxygen atoms in total. The van der Waals surface area contributed by atoms with Crippen LogP contribution in [0.1, 0.15) is 56.8 Å². The van der Waals surface area contributed by atoms with E-state index in [2.05, 4.69) is 20.9 Å². The first-order valence-corrected chi connectivity index (χ1v) is 11.8. The summed E-state index contributed by atoms with van der Waals surface area (Å²) in [5.41, 5.74) is 0.0145. The molecule has 3 N–H and O–H groups in total. The number of rotatable bonds is 5. The summed E-state index contributed by atoms with van der Waals surface area (Å²) in [6, 6.07) is 7.84. The molecular formula is C24H28Cl2N4O4. The number of amides is 3. The summed E-state index contributed by atoms with van der Waals surface area (Å²) in [6.45, 7) is 5.43. The number of carbonyl (C=O) groups is 3. The maximum atomic E-state index is 12.9. The minimum absolute atomic E-state index is 0.0392. The molecule has 1 aromatic heterocycles. The number of halogens is 2. The molecule has 1 aliphatic rings. The van der Waals surface area contributed by atoms with E-state index in [4.69, 9.17) is 27.9 Å². The first kappa shape index (κ1) is 25.8. The van der Waals surface area contributed by atoms with Crippen LogP contribution in [0.15, 0.2) is 36.5 Å². The average molecular weight is 507 g/mol. The highest BCUT2D eigenvalue weighted by Gasteiger charge is 2.29. The molecular weight excluding hydrogens is 479 g/mol. The molecule has 3 rings (SSSR count). The number of anilines is 2. The molecule has 1 saturated carbocycles. The zero-order valence-corrected chi connectivity index (χ0v) is 20.8. The van der Waals surface area contributed by atoms with Crippen molar-refractivity contribution in [2.24, 2.45) is 5.92 Å². The van der Waals surface area contributed by atoms with Crippen LogP contribution in [0.5, 0.6) is 0 Å². The lowest BCUT2D eigenvalue weighted by atomic mass is 9.85. The highest BCUT2D eigenvalue weighted by molar-refractivity contribution is 6.31. The smallest absolute Gasteiger partial charge is 0.407 e. The van der Waals surface area contributed by atoms with Crippen molar-refractivity contribution >= 4 is 52.6 Å². The van der Waals surface area contributed by atoms with Crippen molar-refractivity contribution in [1.29, 1.82) is 0 Å². The van der Waals surface area contributed by atoms with Crippen LogP contribution in [0.3, 0.4) is 0 Å². The molecule has 0 bridgehead atoms. The summed E-state index contributed by atoms with van der Waals surface area (Å²) in [4.78, 5) is 41.8. The third-order valence-electron chi connectivity index (χ3n) is 5.27. The van der Waals surface area contributed by atoms with Crippen molar-refractivity contribution in [3.63, 3.8) is 0 Å². The number of benzene rings is 1. The Balaban J connectivity index is 1.59. The first-order valence-electron chi connectivity index (χ1n) is 11.0. The maximum absolute atomic E-state index is 12.9. The van der Waals surface area contributed by atoms with E-state index >= 15 is 0 Å². The fourth-order valence-corrected chi connectivity index (χ4v) is 3.94. The minimum Gasteiger partial charge on any atom is -0.444 e. The topological polar surface area (TPSA) is 109 Å². The minimum atomic E-state index is -0.562. The third-order valence-corrected chi connectivity index (χ3v) is 5.73. The van der Waals surface area contributed by atoms with Crippen molar-refractivity contribution in [2.75, 3.05) is 10.6 Å². The van der Waals surface area contributed by atoms with Gasteiger partial charge in [0.15, 0.2) is 0 Å². The molecule has 1 fully saturated rings. The normalized spacial score (nSPS) is 18.0. The number of hydrogen-bond donors (Lipinski definition) is 3. The van der Waals surface area contributed by atoms with Crippen LogP contribution in [0.2, 0.25) is 10.0 Å². The second-order valence-electron chi connectivity index (χ2n) is 9.19. The van der Waals surface area contributed by atoms with Crippen LogP contribution in [0.25, 0.3) is 0 Å². The Kier molecular flexibility index (Phi) is 8.38. The third kappa shape index (κ3) is 7.60. The summed E-state index contributed by atoms with van der Waals surface area (Å²) in [5.74, 6) is -0.557. The molecule has 0 unspecified atom stereocenters. The highest BCUT2D eigenvalue weighted by atomic mass is 35.5. The number of aromatic nitrogens is 1. The lowest BCUT2D eigenvalue weighted by Gasteiger charge is -2.29. The van der Waals surface area contributed by atoms with E-state index in [0.717, 1.165) is 0 Å². The summed E-state index contributed by atoms with van der Waals surface area (Å²) < 4.78 is 5.30. The SMILES string of the molecule is CC(C)(C)OC(=O)NC1CCC(C(=O)Nc2ccc(Cl)cc2C(=O)Nc2ccc(Cl)cn2)CC1. The average Bonchev–Trinajstić information content (AvgIpc) is 2.75. The van der Waals surface area contributed by atoms with E-state index < -0.39 is 17.6 Å². The van der Waals surface area contributed by atoms with Gasteiger partial charge in [0.25, 0.3) is 5.91 Å². The molecule has 0 atom stereocenters. The largest absolute Gasteiger partial charge is 0.444 e. The molecule has 10 heteroatoms. The number of hydrogen-bond acceptors (Lipinski definition) is 5. The van der Waals surface area contributed by atoms with Gasteiger partial charge in [0.2, 0.25) is 5.91 Å². The Morgan fingerprint density at radius 3 is 2.26 bits per heavy atom. The van der Waals surface area contributed by atoms with Gasteiger partial charge in [0, 0.05) is 23.2 Å². The quantitative estimate of drug-likeness (QED) is 0.484. The molecule has 2 aromatic rings. The number of carbonyl (C=O) groups excluding carboxylic acids is 3. The number of pyridine rings is 1. The Hall–Kier alpha value is -2.84. The van der Waals surface area contributed by atoms with Crippen molar-refractivity contribution in [3.05, 3.63) is 52.1 Å². The van der Waals surface area contributed by atoms with Gasteiger partial charge in [0.05, 0.1) is 16.3 Å². The van der Waals surface area contributed by atoms with E-state index in [9.17, 15) is 14.4 Å². The van der Waals surface area contributed by atoms with E-state index in [1.807, 2.05) is 20.8 Å². The van der Waals surface area contributed by atoms with Crippen LogP contribution in [0.4, 0.5) is 16.3 Å². The van der Waals surface area contributed by atoms with Gasteiger partial charge in [-0.05, 0) is 76.8 Å². The number of alkyl carbamates (subject to hydrolysis) is 1. The van der Waals surface area contributed by atoms with Crippen molar-refractivity contribution in [1.82, 2.24) is 10.3 Å². The predicted molar refractivity (Wildman–Crippen MR) is 132 cm³/mol. The lowest BCUT2D eigenvalue weighted by Crippen LogP contribution is -2.42. The monoisotopic (exact) mass is 506 g/mol. The van der Waals surface area contributed by atoms with Crippen molar-refractivity contribution in [2.45, 2.75) is 58.1 Å². The van der Waals surface area contributed by atoms with Gasteiger partial charge < -0.3 is 20.7 Å². The number of nitrogens with one attached hydrogen (secondary N) is 3. The molecule has 3 amide bonds. The second kappa shape index (κ2) is 11.1. The van der Waals surface area contributed by atoms with Crippen LogP contribution in [0, 0.1) is 5.92 Å². The van der Waals surface area contributed by atoms with Crippen molar-refractivity contribution < 1.29 is 19.1 Å². The van der Waals surface area contributed by atoms with Gasteiger partial charge in [-0.2, -0.15) is 0 Å². The summed E-state index contributed by atoms with van der Waals surface area (Å²) in [5, 5.41) is 9.21. The number of ether oxygens (including phenoxy) is 1. The van der Waals surface area contributed by atoms with Gasteiger partial charge >= 0.3 is 6.09 Å². The molecule has 1 aliphatic carbocycles. The van der Waals surface area contributed by atoms with E-state index in [0.29, 0.717) is 47.2 Å². The van der Waals surface area contributed by atoms with Crippen LogP contribution >= 0.6 is 23.2 Å². The van der Waals surface area contributed by atoms with E-state index in [-0.39, 0.29) is 23.4 Å². The molecule has 0 radical (unpaired) electrons. The molecule has 0 spiro atoms. The molecule has 34 heavy (non-hydrogen) atoms. The predicted octanol–water partition coefficient (Wildman–Crippen LogP) is 5.66. The first-order chi connectivity index (χ1) is 16.0. The zero-order valence-electron chi connectivity index (χ0n) is 19.3. The van der Waals surface area contributed by atoms with E-state index in [1.54, 1.807) is 24.3 Å². The fourth-order valence-electron chi connectivity index (χ4n) is 3.66. The fraction of sp³-hybridized carbons (Fsp3) is 0.417. The van der Waals surface area contributed by atoms with Gasteiger partial charge in [-0.1, -0.05) is 23.2 Å². The summed E-state index contributed by atoms with van der Waals surface area (Å²) in [6.07, 6.45) is 3.51. The van der Waals surface area contributed by atoms with E-state index in [1.165, 1.54) is 12.3 Å². The molecule has 0 aliphatic heterocycles. The molecule has 182 valence electrons. The van der Waals surface area contributed by atoms with Gasteiger partial charge in [-0.25, -0.2) is 9.78 Å². The highest BCUT2D eigenvalue weighted by Crippen LogP contribution is 2.28. The van der Waals surface area contributed by atoms with Crippen LogP contribution in [-0.4, -0.2) is 34.5 Å². The van der Waals surface area contributed by atoms with Crippen LogP contribution < -0.4 is 16.0 Å². The van der Waals surface area contributed by atoms with Crippen molar-refractivity contribution in [3.8, 4) is 0 Å². The second-order valence-corrected chi connectivity index (χ2v) is 10.1. The molecule has 0 saturated heterocycles.